The van der Waals surface area contributed by atoms with E-state index in [4.69, 9.17) is 11.6 Å². The van der Waals surface area contributed by atoms with Gasteiger partial charge in [-0.15, -0.1) is 0 Å². The lowest BCUT2D eigenvalue weighted by Gasteiger charge is -2.36. The molecular formula is C19H21ClN6O3. The number of imidazole rings is 1. The van der Waals surface area contributed by atoms with Gasteiger partial charge in [-0.05, 0) is 18.2 Å². The third-order valence-electron chi connectivity index (χ3n) is 5.30. The Kier molecular flexibility index (Phi) is 4.91. The third kappa shape index (κ3) is 3.42. The number of halogens is 1. The van der Waals surface area contributed by atoms with Gasteiger partial charge in [-0.3, -0.25) is 14.2 Å². The fourth-order valence-corrected chi connectivity index (χ4v) is 3.84. The topological polar surface area (TPSA) is 85.4 Å². The number of hydrogen-bond acceptors (Lipinski definition) is 5. The number of carbonyl (C=O) groups excluding carboxylic acids is 1. The summed E-state index contributed by atoms with van der Waals surface area (Å²) >= 11 is 6.06. The fraction of sp³-hybridized carbons (Fsp3) is 0.368. The second-order valence-electron chi connectivity index (χ2n) is 7.11. The van der Waals surface area contributed by atoms with Crippen molar-refractivity contribution in [2.75, 3.05) is 31.1 Å². The number of nitrogens with zero attached hydrogens (tertiary/aromatic N) is 6. The van der Waals surface area contributed by atoms with Gasteiger partial charge in [0.05, 0.1) is 6.33 Å². The monoisotopic (exact) mass is 416 g/mol. The van der Waals surface area contributed by atoms with Crippen LogP contribution in [0.5, 0.6) is 0 Å². The van der Waals surface area contributed by atoms with Crippen LogP contribution in [0.25, 0.3) is 11.2 Å². The van der Waals surface area contributed by atoms with Crippen molar-refractivity contribution in [3.63, 3.8) is 0 Å². The molecule has 0 atom stereocenters. The lowest BCUT2D eigenvalue weighted by atomic mass is 10.2. The highest BCUT2D eigenvalue weighted by Crippen LogP contribution is 2.20. The molecule has 1 aromatic carbocycles. The standard InChI is InChI=1S/C19H21ClN6O3/c1-22-12-21-17-16(22)18(28)26(19(29)23(17)2)11-15(27)25-8-6-24(7-9-25)14-5-3-4-13(20)10-14/h3-5,10,12H,6-9,11H2,1-2H3. The molecule has 0 unspecified atom stereocenters. The molecule has 3 aromatic rings. The summed E-state index contributed by atoms with van der Waals surface area (Å²) in [7, 11) is 3.23. The molecule has 0 saturated carbocycles. The van der Waals surface area contributed by atoms with Gasteiger partial charge in [-0.25, -0.2) is 14.3 Å². The van der Waals surface area contributed by atoms with Crippen molar-refractivity contribution in [1.29, 1.82) is 0 Å². The lowest BCUT2D eigenvalue weighted by molar-refractivity contribution is -0.132. The zero-order valence-electron chi connectivity index (χ0n) is 16.2. The van der Waals surface area contributed by atoms with Crippen molar-refractivity contribution in [3.05, 3.63) is 56.5 Å². The second-order valence-corrected chi connectivity index (χ2v) is 7.54. The van der Waals surface area contributed by atoms with Gasteiger partial charge in [-0.2, -0.15) is 0 Å². The van der Waals surface area contributed by atoms with Crippen LogP contribution in [0.1, 0.15) is 0 Å². The van der Waals surface area contributed by atoms with E-state index in [-0.39, 0.29) is 12.5 Å². The van der Waals surface area contributed by atoms with E-state index in [1.54, 1.807) is 23.6 Å². The molecule has 2 aromatic heterocycles. The predicted molar refractivity (Wildman–Crippen MR) is 110 cm³/mol. The Balaban J connectivity index is 1.52. The number of benzene rings is 1. The number of rotatable bonds is 3. The quantitative estimate of drug-likeness (QED) is 0.618. The summed E-state index contributed by atoms with van der Waals surface area (Å²) in [5.41, 5.74) is 0.560. The molecule has 0 spiro atoms. The van der Waals surface area contributed by atoms with Crippen molar-refractivity contribution in [1.82, 2.24) is 23.6 Å². The Morgan fingerprint density at radius 1 is 1.14 bits per heavy atom. The average Bonchev–Trinajstić information content (AvgIpc) is 3.11. The van der Waals surface area contributed by atoms with Crippen LogP contribution in [0.15, 0.2) is 40.2 Å². The van der Waals surface area contributed by atoms with Crippen molar-refractivity contribution >= 4 is 34.4 Å². The molecule has 3 heterocycles. The summed E-state index contributed by atoms with van der Waals surface area (Å²) in [5.74, 6) is -0.253. The van der Waals surface area contributed by atoms with Crippen LogP contribution in [0.2, 0.25) is 5.02 Å². The molecule has 0 N–H and O–H groups in total. The van der Waals surface area contributed by atoms with Gasteiger partial charge in [0.2, 0.25) is 5.91 Å². The number of aromatic nitrogens is 4. The number of aryl methyl sites for hydroxylation is 2. The minimum Gasteiger partial charge on any atom is -0.368 e. The maximum Gasteiger partial charge on any atom is 0.332 e. The predicted octanol–water partition coefficient (Wildman–Crippen LogP) is 0.436. The molecular weight excluding hydrogens is 396 g/mol. The molecule has 1 amide bonds. The number of amides is 1. The van der Waals surface area contributed by atoms with E-state index < -0.39 is 11.2 Å². The molecule has 0 aliphatic carbocycles. The number of anilines is 1. The van der Waals surface area contributed by atoms with E-state index in [0.29, 0.717) is 42.4 Å². The third-order valence-corrected chi connectivity index (χ3v) is 5.54. The molecule has 1 aliphatic rings. The number of carbonyl (C=O) groups is 1. The number of hydrogen-bond donors (Lipinski definition) is 0. The minimum atomic E-state index is -0.549. The first-order valence-electron chi connectivity index (χ1n) is 9.26. The van der Waals surface area contributed by atoms with Gasteiger partial charge in [0.1, 0.15) is 6.54 Å². The summed E-state index contributed by atoms with van der Waals surface area (Å²) in [6.45, 7) is 2.03. The van der Waals surface area contributed by atoms with Gasteiger partial charge < -0.3 is 14.4 Å². The first kappa shape index (κ1) is 19.3. The van der Waals surface area contributed by atoms with Crippen LogP contribution in [0, 0.1) is 0 Å². The summed E-state index contributed by atoms with van der Waals surface area (Å²) in [4.78, 5) is 46.1. The van der Waals surface area contributed by atoms with E-state index in [1.165, 1.54) is 10.9 Å². The van der Waals surface area contributed by atoms with Crippen molar-refractivity contribution < 1.29 is 4.79 Å². The molecule has 1 aliphatic heterocycles. The van der Waals surface area contributed by atoms with E-state index in [1.807, 2.05) is 24.3 Å². The summed E-state index contributed by atoms with van der Waals surface area (Å²) in [5, 5.41) is 0.668. The van der Waals surface area contributed by atoms with Gasteiger partial charge in [0, 0.05) is 51.0 Å². The first-order chi connectivity index (χ1) is 13.9. The van der Waals surface area contributed by atoms with Crippen molar-refractivity contribution in [2.45, 2.75) is 6.54 Å². The second kappa shape index (κ2) is 7.40. The molecule has 0 bridgehead atoms. The van der Waals surface area contributed by atoms with Crippen LogP contribution in [0.3, 0.4) is 0 Å². The Labute approximate surface area is 171 Å². The zero-order valence-corrected chi connectivity index (χ0v) is 17.0. The molecule has 1 fully saturated rings. The molecule has 4 rings (SSSR count). The maximum absolute atomic E-state index is 12.8. The normalized spacial score (nSPS) is 14.6. The smallest absolute Gasteiger partial charge is 0.332 e. The molecule has 0 radical (unpaired) electrons. The SMILES string of the molecule is Cn1cnc2c1c(=O)n(CC(=O)N1CCN(c3cccc(Cl)c3)CC1)c(=O)n2C. The van der Waals surface area contributed by atoms with E-state index in [0.717, 1.165) is 10.3 Å². The Morgan fingerprint density at radius 3 is 2.55 bits per heavy atom. The van der Waals surface area contributed by atoms with Gasteiger partial charge in [0.15, 0.2) is 11.2 Å². The Hall–Kier alpha value is -3.07. The van der Waals surface area contributed by atoms with E-state index in [9.17, 15) is 14.4 Å². The van der Waals surface area contributed by atoms with Crippen LogP contribution in [-0.2, 0) is 25.4 Å². The highest BCUT2D eigenvalue weighted by Gasteiger charge is 2.24. The van der Waals surface area contributed by atoms with Crippen LogP contribution < -0.4 is 16.1 Å². The minimum absolute atomic E-state index is 0.253. The highest BCUT2D eigenvalue weighted by molar-refractivity contribution is 6.30. The maximum atomic E-state index is 12.8. The summed E-state index contributed by atoms with van der Waals surface area (Å²) < 4.78 is 3.83. The lowest BCUT2D eigenvalue weighted by Crippen LogP contribution is -2.51. The molecule has 9 nitrogen and oxygen atoms in total. The largest absolute Gasteiger partial charge is 0.368 e. The average molecular weight is 417 g/mol. The van der Waals surface area contributed by atoms with E-state index in [2.05, 4.69) is 9.88 Å². The van der Waals surface area contributed by atoms with Gasteiger partial charge >= 0.3 is 5.69 Å². The molecule has 1 saturated heterocycles. The van der Waals surface area contributed by atoms with Gasteiger partial charge in [0.25, 0.3) is 5.56 Å². The number of piperazine rings is 1. The summed E-state index contributed by atoms with van der Waals surface area (Å²) in [6, 6.07) is 7.59. The molecule has 10 heteroatoms. The summed E-state index contributed by atoms with van der Waals surface area (Å²) in [6.07, 6.45) is 1.48. The van der Waals surface area contributed by atoms with Crippen molar-refractivity contribution in [3.8, 4) is 0 Å². The van der Waals surface area contributed by atoms with Crippen LogP contribution in [-0.4, -0.2) is 55.7 Å². The molecule has 29 heavy (non-hydrogen) atoms. The van der Waals surface area contributed by atoms with Gasteiger partial charge in [-0.1, -0.05) is 17.7 Å². The highest BCUT2D eigenvalue weighted by atomic mass is 35.5. The van der Waals surface area contributed by atoms with Crippen LogP contribution in [0.4, 0.5) is 5.69 Å². The Morgan fingerprint density at radius 2 is 1.86 bits per heavy atom. The molecule has 152 valence electrons. The first-order valence-corrected chi connectivity index (χ1v) is 9.64. The van der Waals surface area contributed by atoms with E-state index >= 15 is 0 Å². The van der Waals surface area contributed by atoms with Crippen LogP contribution >= 0.6 is 11.6 Å². The zero-order chi connectivity index (χ0) is 20.7. The number of fused-ring (bicyclic) bond motifs is 1. The Bertz CT molecular complexity index is 1200. The fourth-order valence-electron chi connectivity index (χ4n) is 3.66. The van der Waals surface area contributed by atoms with Crippen molar-refractivity contribution in [2.24, 2.45) is 14.1 Å².